The Morgan fingerprint density at radius 2 is 1.12 bits per heavy atom. The molecule has 0 bridgehead atoms. The number of alkyl halides is 1. The lowest BCUT2D eigenvalue weighted by Crippen LogP contribution is -2.52. The van der Waals surface area contributed by atoms with E-state index in [2.05, 4.69) is 33.6 Å². The molecule has 4 fully saturated rings. The largest absolute Gasteiger partial charge is 0.447 e. The third-order valence-electron chi connectivity index (χ3n) is 12.6. The number of carbonyl (C=O) groups is 2. The van der Waals surface area contributed by atoms with Crippen LogP contribution in [0.25, 0.3) is 22.1 Å². The number of imidazole rings is 2. The molecule has 4 aromatic rings. The van der Waals surface area contributed by atoms with E-state index in [0.29, 0.717) is 19.6 Å². The molecule has 0 aliphatic carbocycles. The second kappa shape index (κ2) is 16.3. The van der Waals surface area contributed by atoms with Crippen LogP contribution in [-0.2, 0) is 9.47 Å². The van der Waals surface area contributed by atoms with Crippen LogP contribution in [0.15, 0.2) is 58.1 Å². The van der Waals surface area contributed by atoms with Crippen LogP contribution in [0.1, 0.15) is 85.2 Å². The zero-order valence-corrected chi connectivity index (χ0v) is 34.1. The number of hydrogen-bond acceptors (Lipinski definition) is 8. The summed E-state index contributed by atoms with van der Waals surface area (Å²) in [6, 6.07) is 16.1. The van der Waals surface area contributed by atoms with Crippen LogP contribution in [0.3, 0.4) is 0 Å². The highest BCUT2D eigenvalue weighted by molar-refractivity contribution is 5.76. The van der Waals surface area contributed by atoms with Gasteiger partial charge in [-0.25, -0.2) is 23.6 Å². The Balaban J connectivity index is 0.000000174. The zero-order valence-electron chi connectivity index (χ0n) is 34.1. The van der Waals surface area contributed by atoms with Gasteiger partial charge in [0.1, 0.15) is 18.9 Å². The molecular weight excluding hydrogens is 732 g/mol. The molecular formula is C42H59FN8O6. The average molecular weight is 791 g/mol. The Morgan fingerprint density at radius 3 is 1.54 bits per heavy atom. The van der Waals surface area contributed by atoms with E-state index < -0.39 is 18.4 Å². The van der Waals surface area contributed by atoms with Gasteiger partial charge in [0.15, 0.2) is 0 Å². The lowest BCUT2D eigenvalue weighted by molar-refractivity contribution is 0.0221. The molecule has 0 radical (unpaired) electrons. The van der Waals surface area contributed by atoms with Crippen LogP contribution in [0.4, 0.5) is 14.0 Å². The molecule has 2 atom stereocenters. The van der Waals surface area contributed by atoms with Gasteiger partial charge in [0.25, 0.3) is 0 Å². The third kappa shape index (κ3) is 8.64. The summed E-state index contributed by atoms with van der Waals surface area (Å²) >= 11 is 0. The number of likely N-dealkylation sites (tertiary alicyclic amines) is 4. The van der Waals surface area contributed by atoms with Crippen LogP contribution >= 0.6 is 0 Å². The predicted molar refractivity (Wildman–Crippen MR) is 218 cm³/mol. The summed E-state index contributed by atoms with van der Waals surface area (Å²) in [5.41, 5.74) is 3.04. The standard InChI is InChI=1S/C22H32N4O3.C20H27FN4O3/c1-21(2,3)29-20(28)24-14-11-22(4,15-24)25-12-9-16(10-13-25)26-18-8-6-5-7-17(18)23-19(26)27;1-20(8-12-23(14-20)19(27)28-13-9-21)24-10-6-15(7-11-24)25-17-5-3-2-4-16(17)22-18(25)26/h5-8,16H,9-15H2,1-4H3,(H,23,27);2-5,15H,6-14H2,1H3,(H,22,26). The molecule has 14 nitrogen and oxygen atoms in total. The molecule has 0 saturated carbocycles. The van der Waals surface area contributed by atoms with Crippen molar-refractivity contribution in [2.24, 2.45) is 0 Å². The van der Waals surface area contributed by atoms with Gasteiger partial charge in [0.05, 0.1) is 22.1 Å². The topological polar surface area (TPSA) is 141 Å². The van der Waals surface area contributed by atoms with Gasteiger partial charge >= 0.3 is 23.6 Å². The summed E-state index contributed by atoms with van der Waals surface area (Å²) in [6.45, 7) is 15.5. The number of amides is 2. The molecule has 4 aliphatic heterocycles. The molecule has 2 N–H and O–H groups in total. The fourth-order valence-electron chi connectivity index (χ4n) is 9.46. The normalized spacial score (nSPS) is 24.2. The molecule has 6 heterocycles. The third-order valence-corrected chi connectivity index (χ3v) is 12.6. The first-order chi connectivity index (χ1) is 27.2. The van der Waals surface area contributed by atoms with Gasteiger partial charge in [-0.3, -0.25) is 18.9 Å². The molecule has 310 valence electrons. The van der Waals surface area contributed by atoms with Crippen LogP contribution in [0.2, 0.25) is 0 Å². The Kier molecular flexibility index (Phi) is 11.6. The second-order valence-electron chi connectivity index (χ2n) is 17.7. The summed E-state index contributed by atoms with van der Waals surface area (Å²) in [4.78, 5) is 63.8. The van der Waals surface area contributed by atoms with Crippen molar-refractivity contribution >= 4 is 34.3 Å². The fraction of sp³-hybridized carbons (Fsp3) is 0.619. The first-order valence-electron chi connectivity index (χ1n) is 20.5. The van der Waals surface area contributed by atoms with Crippen molar-refractivity contribution in [2.75, 3.05) is 65.6 Å². The Bertz CT molecular complexity index is 2160. The van der Waals surface area contributed by atoms with Crippen molar-refractivity contribution in [2.45, 2.75) is 102 Å². The van der Waals surface area contributed by atoms with Crippen molar-refractivity contribution in [1.82, 2.24) is 38.7 Å². The second-order valence-corrected chi connectivity index (χ2v) is 17.7. The number of aromatic amines is 2. The molecule has 2 aromatic heterocycles. The minimum atomic E-state index is -0.655. The first kappa shape index (κ1) is 40.6. The van der Waals surface area contributed by atoms with Crippen LogP contribution in [0, 0.1) is 0 Å². The lowest BCUT2D eigenvalue weighted by Gasteiger charge is -2.43. The van der Waals surface area contributed by atoms with E-state index in [1.807, 2.05) is 83.3 Å². The van der Waals surface area contributed by atoms with Gasteiger partial charge < -0.3 is 29.2 Å². The summed E-state index contributed by atoms with van der Waals surface area (Å²) in [6.07, 6.45) is 4.82. The molecule has 2 unspecified atom stereocenters. The number of fused-ring (bicyclic) bond motifs is 2. The van der Waals surface area contributed by atoms with Gasteiger partial charge in [-0.15, -0.1) is 0 Å². The lowest BCUT2D eigenvalue weighted by atomic mass is 9.94. The highest BCUT2D eigenvalue weighted by atomic mass is 19.1. The maximum atomic E-state index is 12.5. The maximum absolute atomic E-state index is 12.5. The van der Waals surface area contributed by atoms with Crippen molar-refractivity contribution in [3.05, 3.63) is 69.5 Å². The Morgan fingerprint density at radius 1 is 0.702 bits per heavy atom. The minimum Gasteiger partial charge on any atom is -0.447 e. The van der Waals surface area contributed by atoms with Gasteiger partial charge in [-0.1, -0.05) is 24.3 Å². The average Bonchev–Trinajstić information content (AvgIpc) is 3.96. The quantitative estimate of drug-likeness (QED) is 0.246. The summed E-state index contributed by atoms with van der Waals surface area (Å²) in [7, 11) is 0. The molecule has 2 aromatic carbocycles. The van der Waals surface area contributed by atoms with Gasteiger partial charge in [-0.05, 0) is 97.4 Å². The number of para-hydroxylation sites is 4. The SMILES string of the molecule is CC(C)(C)OC(=O)N1CCC(C)(N2CCC(n3c(=O)[nH]c4ccccc43)CC2)C1.CC1(N2CCC(n3c(=O)[nH]c4ccccc43)CC2)CCN(C(=O)OCCF)C1. The number of hydrogen-bond donors (Lipinski definition) is 2. The Hall–Kier alpha value is -4.63. The van der Waals surface area contributed by atoms with Crippen molar-refractivity contribution in [3.8, 4) is 0 Å². The molecule has 4 saturated heterocycles. The number of rotatable bonds is 6. The van der Waals surface area contributed by atoms with E-state index in [-0.39, 0.29) is 47.2 Å². The number of aromatic nitrogens is 4. The summed E-state index contributed by atoms with van der Waals surface area (Å²) in [5.74, 6) is 0. The number of ether oxygens (including phenoxy) is 2. The molecule has 2 amide bonds. The zero-order chi connectivity index (χ0) is 40.5. The molecule has 0 spiro atoms. The predicted octanol–water partition coefficient (Wildman–Crippen LogP) is 5.90. The minimum absolute atomic E-state index is 0.0205. The number of nitrogens with zero attached hydrogens (tertiary/aromatic N) is 6. The van der Waals surface area contributed by atoms with E-state index in [9.17, 15) is 23.6 Å². The van der Waals surface area contributed by atoms with E-state index >= 15 is 0 Å². The molecule has 15 heteroatoms. The van der Waals surface area contributed by atoms with E-state index in [0.717, 1.165) is 93.3 Å². The maximum Gasteiger partial charge on any atom is 0.410 e. The Labute approximate surface area is 332 Å². The highest BCUT2D eigenvalue weighted by Crippen LogP contribution is 2.36. The van der Waals surface area contributed by atoms with Gasteiger partial charge in [0, 0.05) is 75.5 Å². The van der Waals surface area contributed by atoms with Crippen LogP contribution in [-0.4, -0.2) is 133 Å². The van der Waals surface area contributed by atoms with Gasteiger partial charge in [-0.2, -0.15) is 0 Å². The van der Waals surface area contributed by atoms with Gasteiger partial charge in [0.2, 0.25) is 0 Å². The van der Waals surface area contributed by atoms with Crippen molar-refractivity contribution in [1.29, 1.82) is 0 Å². The van der Waals surface area contributed by atoms with Crippen LogP contribution in [0.5, 0.6) is 0 Å². The number of halogens is 1. The van der Waals surface area contributed by atoms with E-state index in [4.69, 9.17) is 9.47 Å². The molecule has 4 aliphatic rings. The number of carbonyl (C=O) groups excluding carboxylic acids is 2. The molecule has 8 rings (SSSR count). The fourth-order valence-corrected chi connectivity index (χ4v) is 9.46. The number of H-pyrrole nitrogens is 2. The number of nitrogens with one attached hydrogen (secondary N) is 2. The number of piperidine rings is 2. The van der Waals surface area contributed by atoms with Crippen LogP contribution < -0.4 is 11.4 Å². The van der Waals surface area contributed by atoms with Crippen molar-refractivity contribution in [3.63, 3.8) is 0 Å². The number of benzene rings is 2. The molecule has 57 heavy (non-hydrogen) atoms. The van der Waals surface area contributed by atoms with E-state index in [1.165, 1.54) is 0 Å². The van der Waals surface area contributed by atoms with Crippen molar-refractivity contribution < 1.29 is 23.5 Å². The monoisotopic (exact) mass is 790 g/mol. The summed E-state index contributed by atoms with van der Waals surface area (Å²) < 4.78 is 26.5. The van der Waals surface area contributed by atoms with E-state index in [1.54, 1.807) is 4.90 Å². The summed E-state index contributed by atoms with van der Waals surface area (Å²) in [5, 5.41) is 0. The smallest absolute Gasteiger partial charge is 0.410 e. The first-order valence-corrected chi connectivity index (χ1v) is 20.5. The highest BCUT2D eigenvalue weighted by Gasteiger charge is 2.44.